The van der Waals surface area contributed by atoms with Crippen LogP contribution in [0, 0.1) is 0 Å². The zero-order chi connectivity index (χ0) is 13.3. The van der Waals surface area contributed by atoms with Crippen LogP contribution in [0.25, 0.3) is 5.13 Å². The van der Waals surface area contributed by atoms with E-state index in [1.165, 1.54) is 29.7 Å². The predicted molar refractivity (Wildman–Crippen MR) is 64.9 cm³/mol. The molecule has 0 unspecified atom stereocenters. The Labute approximate surface area is 108 Å². The van der Waals surface area contributed by atoms with Crippen LogP contribution in [-0.4, -0.2) is 37.2 Å². The van der Waals surface area contributed by atoms with Crippen LogP contribution in [0.15, 0.2) is 6.33 Å². The first-order valence-corrected chi connectivity index (χ1v) is 6.03. The lowest BCUT2D eigenvalue weighted by atomic mass is 9.96. The maximum atomic E-state index is 11.2. The van der Waals surface area contributed by atoms with E-state index in [1.54, 1.807) is 0 Å². The summed E-state index contributed by atoms with van der Waals surface area (Å²) in [4.78, 5) is 19.4. The van der Waals surface area contributed by atoms with Gasteiger partial charge in [-0.1, -0.05) is 20.8 Å². The van der Waals surface area contributed by atoms with Crippen LogP contribution < -0.4 is 0 Å². The summed E-state index contributed by atoms with van der Waals surface area (Å²) >= 11 is 1.21. The molecule has 2 aromatic rings. The lowest BCUT2D eigenvalue weighted by Crippen LogP contribution is -2.13. The number of nitrogens with zero attached hydrogens (tertiary/aromatic N) is 5. The third-order valence-corrected chi connectivity index (χ3v) is 2.85. The number of esters is 1. The van der Waals surface area contributed by atoms with Gasteiger partial charge < -0.3 is 4.74 Å². The van der Waals surface area contributed by atoms with Crippen LogP contribution in [0.4, 0.5) is 0 Å². The number of hydrogen-bond acceptors (Lipinski definition) is 7. The smallest absolute Gasteiger partial charge is 0.377 e. The molecular formula is C10H13N5O2S. The summed E-state index contributed by atoms with van der Waals surface area (Å²) in [6.45, 7) is 6.08. The van der Waals surface area contributed by atoms with Crippen molar-refractivity contribution in [1.82, 2.24) is 24.1 Å². The number of methoxy groups -OCH3 is 1. The average Bonchev–Trinajstić information content (AvgIpc) is 2.94. The average molecular weight is 267 g/mol. The summed E-state index contributed by atoms with van der Waals surface area (Å²) in [5, 5.41) is 4.56. The summed E-state index contributed by atoms with van der Waals surface area (Å²) in [6.07, 6.45) is 1.42. The fourth-order valence-corrected chi connectivity index (χ4v) is 1.93. The third-order valence-electron chi connectivity index (χ3n) is 2.14. The second-order valence-electron chi connectivity index (χ2n) is 4.65. The number of rotatable bonds is 2. The number of carbonyl (C=O) groups is 1. The third kappa shape index (κ3) is 2.37. The number of aromatic nitrogens is 5. The largest absolute Gasteiger partial charge is 0.463 e. The van der Waals surface area contributed by atoms with Gasteiger partial charge in [0, 0.05) is 16.9 Å². The standard InChI is InChI=1S/C10H13N5O2S/c1-10(2,3)8-12-9(18-14-8)15-5-11-6(13-15)7(16)17-4/h5H,1-4H3. The highest BCUT2D eigenvalue weighted by Crippen LogP contribution is 2.21. The highest BCUT2D eigenvalue weighted by Gasteiger charge is 2.21. The maximum absolute atomic E-state index is 11.2. The van der Waals surface area contributed by atoms with Crippen molar-refractivity contribution < 1.29 is 9.53 Å². The lowest BCUT2D eigenvalue weighted by molar-refractivity contribution is 0.0587. The van der Waals surface area contributed by atoms with E-state index in [0.717, 1.165) is 5.82 Å². The van der Waals surface area contributed by atoms with Gasteiger partial charge in [-0.3, -0.25) is 0 Å². The van der Waals surface area contributed by atoms with Crippen molar-refractivity contribution in [3.8, 4) is 5.13 Å². The fraction of sp³-hybridized carbons (Fsp3) is 0.500. The van der Waals surface area contributed by atoms with Crippen LogP contribution in [0.3, 0.4) is 0 Å². The molecule has 0 saturated carbocycles. The molecule has 0 amide bonds. The van der Waals surface area contributed by atoms with E-state index < -0.39 is 5.97 Å². The minimum atomic E-state index is -0.575. The molecule has 0 radical (unpaired) electrons. The van der Waals surface area contributed by atoms with Gasteiger partial charge in [0.15, 0.2) is 0 Å². The molecule has 0 atom stereocenters. The van der Waals surface area contributed by atoms with Gasteiger partial charge in [-0.05, 0) is 0 Å². The van der Waals surface area contributed by atoms with Gasteiger partial charge in [0.2, 0.25) is 5.13 Å². The van der Waals surface area contributed by atoms with Crippen LogP contribution in [0.5, 0.6) is 0 Å². The predicted octanol–water partition coefficient (Wildman–Crippen LogP) is 1.20. The van der Waals surface area contributed by atoms with Gasteiger partial charge in [-0.2, -0.15) is 9.06 Å². The first-order valence-electron chi connectivity index (χ1n) is 5.26. The molecule has 0 spiro atoms. The molecule has 2 aromatic heterocycles. The van der Waals surface area contributed by atoms with Crippen molar-refractivity contribution in [2.75, 3.05) is 7.11 Å². The molecule has 7 nitrogen and oxygen atoms in total. The summed E-state index contributed by atoms with van der Waals surface area (Å²) < 4.78 is 10.2. The number of ether oxygens (including phenoxy) is 1. The molecule has 0 aliphatic carbocycles. The highest BCUT2D eigenvalue weighted by molar-refractivity contribution is 7.08. The molecule has 0 aromatic carbocycles. The Bertz CT molecular complexity index is 569. The van der Waals surface area contributed by atoms with Crippen LogP contribution in [0.2, 0.25) is 0 Å². The summed E-state index contributed by atoms with van der Waals surface area (Å²) in [7, 11) is 1.28. The minimum Gasteiger partial charge on any atom is -0.463 e. The second kappa shape index (κ2) is 4.45. The Morgan fingerprint density at radius 2 is 2.17 bits per heavy atom. The van der Waals surface area contributed by atoms with Crippen molar-refractivity contribution in [2.24, 2.45) is 0 Å². The van der Waals surface area contributed by atoms with Crippen LogP contribution in [0.1, 0.15) is 37.2 Å². The van der Waals surface area contributed by atoms with E-state index in [4.69, 9.17) is 0 Å². The molecule has 0 bridgehead atoms. The van der Waals surface area contributed by atoms with E-state index in [1.807, 2.05) is 20.8 Å². The molecule has 0 fully saturated rings. The summed E-state index contributed by atoms with van der Waals surface area (Å²) in [5.74, 6) is 0.164. The SMILES string of the molecule is COC(=O)c1ncn(-c2nc(C(C)(C)C)ns2)n1. The fourth-order valence-electron chi connectivity index (χ4n) is 1.15. The van der Waals surface area contributed by atoms with Gasteiger partial charge in [0.05, 0.1) is 7.11 Å². The molecule has 2 rings (SSSR count). The van der Waals surface area contributed by atoms with E-state index in [2.05, 4.69) is 24.2 Å². The number of carbonyl (C=O) groups excluding carboxylic acids is 1. The Kier molecular flexibility index (Phi) is 3.12. The molecule has 8 heteroatoms. The van der Waals surface area contributed by atoms with Crippen LogP contribution in [-0.2, 0) is 10.2 Å². The topological polar surface area (TPSA) is 82.8 Å². The molecule has 0 aliphatic rings. The first kappa shape index (κ1) is 12.6. The number of hydrogen-bond donors (Lipinski definition) is 0. The van der Waals surface area contributed by atoms with E-state index >= 15 is 0 Å². The van der Waals surface area contributed by atoms with Gasteiger partial charge >= 0.3 is 5.97 Å². The van der Waals surface area contributed by atoms with Gasteiger partial charge in [0.1, 0.15) is 12.2 Å². The van der Waals surface area contributed by atoms with Crippen LogP contribution >= 0.6 is 11.5 Å². The molecule has 0 N–H and O–H groups in total. The van der Waals surface area contributed by atoms with E-state index in [0.29, 0.717) is 5.13 Å². The van der Waals surface area contributed by atoms with Gasteiger partial charge in [0.25, 0.3) is 5.82 Å². The van der Waals surface area contributed by atoms with E-state index in [9.17, 15) is 4.79 Å². The Balaban J connectivity index is 2.30. The van der Waals surface area contributed by atoms with Gasteiger partial charge in [-0.25, -0.2) is 14.8 Å². The van der Waals surface area contributed by atoms with Crippen molar-refractivity contribution in [2.45, 2.75) is 26.2 Å². The zero-order valence-electron chi connectivity index (χ0n) is 10.5. The summed E-state index contributed by atoms with van der Waals surface area (Å²) in [5.41, 5.74) is -0.124. The monoisotopic (exact) mass is 267 g/mol. The Morgan fingerprint density at radius 3 is 2.72 bits per heavy atom. The molecule has 0 saturated heterocycles. The quantitative estimate of drug-likeness (QED) is 0.760. The van der Waals surface area contributed by atoms with Crippen molar-refractivity contribution >= 4 is 17.5 Å². The van der Waals surface area contributed by atoms with E-state index in [-0.39, 0.29) is 11.2 Å². The lowest BCUT2D eigenvalue weighted by Gasteiger charge is -2.11. The molecule has 2 heterocycles. The normalized spacial score (nSPS) is 11.6. The van der Waals surface area contributed by atoms with Crippen molar-refractivity contribution in [3.63, 3.8) is 0 Å². The molecule has 18 heavy (non-hydrogen) atoms. The molecular weight excluding hydrogens is 254 g/mol. The Morgan fingerprint density at radius 1 is 1.44 bits per heavy atom. The maximum Gasteiger partial charge on any atom is 0.377 e. The zero-order valence-corrected chi connectivity index (χ0v) is 11.4. The van der Waals surface area contributed by atoms with Crippen molar-refractivity contribution in [1.29, 1.82) is 0 Å². The molecule has 96 valence electrons. The molecule has 0 aliphatic heterocycles. The Hall–Kier alpha value is -1.83. The highest BCUT2D eigenvalue weighted by atomic mass is 32.1. The van der Waals surface area contributed by atoms with Gasteiger partial charge in [-0.15, -0.1) is 5.10 Å². The van der Waals surface area contributed by atoms with Crippen molar-refractivity contribution in [3.05, 3.63) is 18.0 Å². The second-order valence-corrected chi connectivity index (χ2v) is 5.39. The minimum absolute atomic E-state index is 0.00464. The first-order chi connectivity index (χ1) is 8.41. The summed E-state index contributed by atoms with van der Waals surface area (Å²) in [6, 6.07) is 0.